The van der Waals surface area contributed by atoms with Crippen LogP contribution in [0, 0.1) is 11.3 Å². The van der Waals surface area contributed by atoms with Crippen LogP contribution in [0.3, 0.4) is 0 Å². The van der Waals surface area contributed by atoms with Crippen LogP contribution in [0.1, 0.15) is 37.6 Å². The number of halogens is 1. The number of nitriles is 1. The zero-order chi connectivity index (χ0) is 16.6. The zero-order valence-corrected chi connectivity index (χ0v) is 13.8. The van der Waals surface area contributed by atoms with Crippen molar-refractivity contribution >= 4 is 17.3 Å². The molecule has 7 heteroatoms. The maximum Gasteiger partial charge on any atom is 0.129 e. The number of anilines is 1. The highest BCUT2D eigenvalue weighted by atomic mass is 35.5. The number of β-amino-alcohol motifs (C(OH)–C–C–N with tert-alkyl or cyclic N) is 1. The molecule has 23 heavy (non-hydrogen) atoms. The standard InChI is InChI=1S/C16H18ClN5O/c1-11(2)22-9-15(19-20-22)16(23)5-6-21(10-16)14-7-13(17)4-3-12(14)8-18/h3-4,7,9,11,23H,5-6,10H2,1-2H3/t16-/m0/s1. The van der Waals surface area contributed by atoms with E-state index in [4.69, 9.17) is 11.6 Å². The van der Waals surface area contributed by atoms with Gasteiger partial charge in [-0.2, -0.15) is 5.26 Å². The number of rotatable bonds is 3. The van der Waals surface area contributed by atoms with Crippen molar-refractivity contribution in [2.75, 3.05) is 18.0 Å². The van der Waals surface area contributed by atoms with Crippen LogP contribution in [0.25, 0.3) is 0 Å². The van der Waals surface area contributed by atoms with E-state index in [2.05, 4.69) is 16.4 Å². The molecule has 1 aromatic heterocycles. The summed E-state index contributed by atoms with van der Waals surface area (Å²) in [6, 6.07) is 7.52. The fraction of sp³-hybridized carbons (Fsp3) is 0.438. The fourth-order valence-corrected chi connectivity index (χ4v) is 2.98. The molecule has 6 nitrogen and oxygen atoms in total. The smallest absolute Gasteiger partial charge is 0.129 e. The zero-order valence-electron chi connectivity index (χ0n) is 13.1. The van der Waals surface area contributed by atoms with E-state index < -0.39 is 5.60 Å². The maximum absolute atomic E-state index is 10.9. The highest BCUT2D eigenvalue weighted by molar-refractivity contribution is 6.30. The summed E-state index contributed by atoms with van der Waals surface area (Å²) in [5.74, 6) is 0. The Balaban J connectivity index is 1.88. The summed E-state index contributed by atoms with van der Waals surface area (Å²) in [7, 11) is 0. The van der Waals surface area contributed by atoms with E-state index in [0.717, 1.165) is 5.69 Å². The number of hydrogen-bond donors (Lipinski definition) is 1. The molecule has 1 aromatic carbocycles. The van der Waals surface area contributed by atoms with Crippen LogP contribution in [0.2, 0.25) is 5.02 Å². The van der Waals surface area contributed by atoms with Crippen molar-refractivity contribution < 1.29 is 5.11 Å². The predicted molar refractivity (Wildman–Crippen MR) is 87.3 cm³/mol. The van der Waals surface area contributed by atoms with Crippen molar-refractivity contribution in [3.05, 3.63) is 40.7 Å². The van der Waals surface area contributed by atoms with Gasteiger partial charge in [-0.1, -0.05) is 16.8 Å². The summed E-state index contributed by atoms with van der Waals surface area (Å²) in [5, 5.41) is 29.0. The van der Waals surface area contributed by atoms with E-state index in [1.54, 1.807) is 29.1 Å². The summed E-state index contributed by atoms with van der Waals surface area (Å²) < 4.78 is 1.73. The first-order valence-electron chi connectivity index (χ1n) is 7.52. The summed E-state index contributed by atoms with van der Waals surface area (Å²) in [5.41, 5.74) is 0.785. The van der Waals surface area contributed by atoms with Gasteiger partial charge in [-0.05, 0) is 32.0 Å². The number of aliphatic hydroxyl groups is 1. The molecule has 0 aliphatic carbocycles. The minimum atomic E-state index is -1.07. The molecular weight excluding hydrogens is 314 g/mol. The highest BCUT2D eigenvalue weighted by Crippen LogP contribution is 2.35. The Labute approximate surface area is 139 Å². The average molecular weight is 332 g/mol. The molecule has 0 unspecified atom stereocenters. The van der Waals surface area contributed by atoms with Crippen LogP contribution in [0.15, 0.2) is 24.4 Å². The van der Waals surface area contributed by atoms with Gasteiger partial charge in [0, 0.05) is 24.0 Å². The molecule has 1 N–H and O–H groups in total. The monoisotopic (exact) mass is 331 g/mol. The molecule has 1 saturated heterocycles. The van der Waals surface area contributed by atoms with Crippen molar-refractivity contribution in [2.24, 2.45) is 0 Å². The van der Waals surface area contributed by atoms with Gasteiger partial charge in [-0.3, -0.25) is 0 Å². The van der Waals surface area contributed by atoms with Crippen molar-refractivity contribution in [1.82, 2.24) is 15.0 Å². The molecule has 2 heterocycles. The van der Waals surface area contributed by atoms with E-state index in [0.29, 0.717) is 35.8 Å². The lowest BCUT2D eigenvalue weighted by Crippen LogP contribution is -2.31. The Morgan fingerprint density at radius 1 is 1.43 bits per heavy atom. The van der Waals surface area contributed by atoms with Crippen molar-refractivity contribution in [3.8, 4) is 6.07 Å². The number of hydrogen-bond acceptors (Lipinski definition) is 5. The third kappa shape index (κ3) is 2.90. The van der Waals surface area contributed by atoms with Gasteiger partial charge in [0.25, 0.3) is 0 Å². The average Bonchev–Trinajstić information content (AvgIpc) is 3.15. The Kier molecular flexibility index (Phi) is 4.00. The predicted octanol–water partition coefficient (Wildman–Crippen LogP) is 2.48. The van der Waals surface area contributed by atoms with E-state index in [1.165, 1.54) is 0 Å². The van der Waals surface area contributed by atoms with Crippen molar-refractivity contribution in [3.63, 3.8) is 0 Å². The summed E-state index contributed by atoms with van der Waals surface area (Å²) >= 11 is 6.05. The molecule has 0 saturated carbocycles. The second-order valence-corrected chi connectivity index (χ2v) is 6.59. The minimum absolute atomic E-state index is 0.190. The Bertz CT molecular complexity index is 766. The van der Waals surface area contributed by atoms with Crippen molar-refractivity contribution in [2.45, 2.75) is 31.9 Å². The molecule has 120 valence electrons. The third-order valence-corrected chi connectivity index (χ3v) is 4.42. The molecule has 0 bridgehead atoms. The normalized spacial score (nSPS) is 21.0. The van der Waals surface area contributed by atoms with Crippen LogP contribution in [-0.4, -0.2) is 33.2 Å². The first kappa shape index (κ1) is 15.8. The summed E-state index contributed by atoms with van der Waals surface area (Å²) in [6.45, 7) is 5.00. The molecule has 1 fully saturated rings. The number of nitrogens with zero attached hydrogens (tertiary/aromatic N) is 5. The van der Waals surface area contributed by atoms with E-state index >= 15 is 0 Å². The lowest BCUT2D eigenvalue weighted by molar-refractivity contribution is 0.0559. The van der Waals surface area contributed by atoms with E-state index in [-0.39, 0.29) is 6.04 Å². The lowest BCUT2D eigenvalue weighted by atomic mass is 10.00. The van der Waals surface area contributed by atoms with Gasteiger partial charge >= 0.3 is 0 Å². The van der Waals surface area contributed by atoms with Gasteiger partial charge in [0.05, 0.1) is 24.0 Å². The molecule has 1 aliphatic rings. The third-order valence-electron chi connectivity index (χ3n) is 4.18. The highest BCUT2D eigenvalue weighted by Gasteiger charge is 2.41. The molecule has 0 radical (unpaired) electrons. The van der Waals surface area contributed by atoms with Crippen LogP contribution >= 0.6 is 11.6 Å². The number of aromatic nitrogens is 3. The molecule has 1 atom stereocenters. The second-order valence-electron chi connectivity index (χ2n) is 6.15. The molecule has 0 spiro atoms. The molecular formula is C16H18ClN5O. The van der Waals surface area contributed by atoms with Crippen LogP contribution in [-0.2, 0) is 5.60 Å². The quantitative estimate of drug-likeness (QED) is 0.934. The molecule has 0 amide bonds. The SMILES string of the molecule is CC(C)n1cc([C@]2(O)CCN(c3cc(Cl)ccc3C#N)C2)nn1. The van der Waals surface area contributed by atoms with Crippen molar-refractivity contribution in [1.29, 1.82) is 5.26 Å². The number of benzene rings is 1. The van der Waals surface area contributed by atoms with E-state index in [9.17, 15) is 10.4 Å². The van der Waals surface area contributed by atoms with Crippen LogP contribution < -0.4 is 4.90 Å². The van der Waals surface area contributed by atoms with Gasteiger partial charge < -0.3 is 10.0 Å². The topological polar surface area (TPSA) is 78.0 Å². The lowest BCUT2D eigenvalue weighted by Gasteiger charge is -2.23. The Hall–Kier alpha value is -2.10. The van der Waals surface area contributed by atoms with Gasteiger partial charge in [-0.25, -0.2) is 4.68 Å². The van der Waals surface area contributed by atoms with Gasteiger partial charge in [0.2, 0.25) is 0 Å². The largest absolute Gasteiger partial charge is 0.381 e. The van der Waals surface area contributed by atoms with Gasteiger partial charge in [0.1, 0.15) is 17.4 Å². The van der Waals surface area contributed by atoms with Gasteiger partial charge in [-0.15, -0.1) is 5.10 Å². The van der Waals surface area contributed by atoms with Crippen LogP contribution in [0.4, 0.5) is 5.69 Å². The molecule has 3 rings (SSSR count). The maximum atomic E-state index is 10.9. The van der Waals surface area contributed by atoms with E-state index in [1.807, 2.05) is 18.7 Å². The second kappa shape index (κ2) is 5.84. The molecule has 1 aliphatic heterocycles. The van der Waals surface area contributed by atoms with Crippen LogP contribution in [0.5, 0.6) is 0 Å². The Morgan fingerprint density at radius 2 is 2.22 bits per heavy atom. The first-order chi connectivity index (χ1) is 10.9. The molecule has 2 aromatic rings. The summed E-state index contributed by atoms with van der Waals surface area (Å²) in [4.78, 5) is 1.97. The Morgan fingerprint density at radius 3 is 2.87 bits per heavy atom. The summed E-state index contributed by atoms with van der Waals surface area (Å²) in [6.07, 6.45) is 2.32. The first-order valence-corrected chi connectivity index (χ1v) is 7.90. The van der Waals surface area contributed by atoms with Gasteiger partial charge in [0.15, 0.2) is 0 Å². The minimum Gasteiger partial charge on any atom is -0.381 e. The fourth-order valence-electron chi connectivity index (χ4n) is 2.81.